The summed E-state index contributed by atoms with van der Waals surface area (Å²) in [6, 6.07) is 4.09. The molecule has 2 nitrogen and oxygen atoms in total. The molecule has 1 fully saturated rings. The lowest BCUT2D eigenvalue weighted by Crippen LogP contribution is -2.23. The maximum absolute atomic E-state index is 6.26. The molecule has 1 saturated carbocycles. The predicted molar refractivity (Wildman–Crippen MR) is 81.3 cm³/mol. The van der Waals surface area contributed by atoms with Gasteiger partial charge in [0.2, 0.25) is 0 Å². The second kappa shape index (κ2) is 6.83. The molecule has 0 unspecified atom stereocenters. The molecule has 1 N–H and O–H groups in total. The van der Waals surface area contributed by atoms with Crippen LogP contribution in [0.1, 0.15) is 38.7 Å². The smallest absolute Gasteiger partial charge is 0.142 e. The van der Waals surface area contributed by atoms with Gasteiger partial charge in [0.1, 0.15) is 5.75 Å². The van der Waals surface area contributed by atoms with Gasteiger partial charge in [0.15, 0.2) is 0 Å². The van der Waals surface area contributed by atoms with E-state index in [0.717, 1.165) is 24.5 Å². The minimum Gasteiger partial charge on any atom is -0.491 e. The molecule has 4 heteroatoms. The van der Waals surface area contributed by atoms with Crippen LogP contribution >= 0.6 is 23.2 Å². The van der Waals surface area contributed by atoms with E-state index in [1.807, 2.05) is 6.07 Å². The van der Waals surface area contributed by atoms with Crippen LogP contribution in [0.4, 0.5) is 0 Å². The van der Waals surface area contributed by atoms with Crippen molar-refractivity contribution in [1.82, 2.24) is 5.32 Å². The summed E-state index contributed by atoms with van der Waals surface area (Å²) in [5.74, 6) is 1.48. The maximum atomic E-state index is 6.26. The van der Waals surface area contributed by atoms with Crippen molar-refractivity contribution in [3.05, 3.63) is 27.7 Å². The van der Waals surface area contributed by atoms with Gasteiger partial charge in [-0.15, -0.1) is 0 Å². The number of nitrogens with one attached hydrogen (secondary N) is 1. The van der Waals surface area contributed by atoms with Gasteiger partial charge in [-0.1, -0.05) is 43.5 Å². The highest BCUT2D eigenvalue weighted by atomic mass is 35.5. The minimum atomic E-state index is 0.414. The summed E-state index contributed by atoms with van der Waals surface area (Å²) in [6.45, 7) is 5.70. The molecule has 0 heterocycles. The Kier molecular flexibility index (Phi) is 5.37. The van der Waals surface area contributed by atoms with E-state index < -0.39 is 0 Å². The van der Waals surface area contributed by atoms with Gasteiger partial charge in [-0.3, -0.25) is 0 Å². The van der Waals surface area contributed by atoms with Gasteiger partial charge < -0.3 is 10.1 Å². The van der Waals surface area contributed by atoms with Crippen molar-refractivity contribution in [2.75, 3.05) is 6.61 Å². The highest BCUT2D eigenvalue weighted by Crippen LogP contribution is 2.34. The SMILES string of the molecule is CC(C)NCc1cc(Cl)cc(Cl)c1OCC1CCC1. The van der Waals surface area contributed by atoms with E-state index in [2.05, 4.69) is 19.2 Å². The second-order valence-corrected chi connectivity index (χ2v) is 6.36. The number of hydrogen-bond donors (Lipinski definition) is 1. The first-order chi connectivity index (χ1) is 9.06. The fourth-order valence-electron chi connectivity index (χ4n) is 2.08. The second-order valence-electron chi connectivity index (χ2n) is 5.52. The summed E-state index contributed by atoms with van der Waals surface area (Å²) in [7, 11) is 0. The van der Waals surface area contributed by atoms with Crippen LogP contribution in [-0.2, 0) is 6.54 Å². The lowest BCUT2D eigenvalue weighted by Gasteiger charge is -2.26. The molecule has 1 aromatic carbocycles. The molecule has 0 aromatic heterocycles. The zero-order valence-electron chi connectivity index (χ0n) is 11.5. The van der Waals surface area contributed by atoms with Crippen molar-refractivity contribution < 1.29 is 4.74 Å². The normalized spacial score (nSPS) is 15.6. The molecule has 19 heavy (non-hydrogen) atoms. The Morgan fingerprint density at radius 2 is 2.05 bits per heavy atom. The number of hydrogen-bond acceptors (Lipinski definition) is 2. The van der Waals surface area contributed by atoms with Gasteiger partial charge in [-0.2, -0.15) is 0 Å². The lowest BCUT2D eigenvalue weighted by atomic mass is 9.86. The molecule has 1 aliphatic rings. The average Bonchev–Trinajstić information content (AvgIpc) is 2.26. The molecular weight excluding hydrogens is 281 g/mol. The largest absolute Gasteiger partial charge is 0.491 e. The van der Waals surface area contributed by atoms with Crippen LogP contribution in [0.15, 0.2) is 12.1 Å². The summed E-state index contributed by atoms with van der Waals surface area (Å²) in [5.41, 5.74) is 1.03. The number of benzene rings is 1. The molecule has 0 radical (unpaired) electrons. The quantitative estimate of drug-likeness (QED) is 0.824. The summed E-state index contributed by atoms with van der Waals surface area (Å²) in [5, 5.41) is 4.63. The molecule has 0 amide bonds. The van der Waals surface area contributed by atoms with Gasteiger partial charge in [0.05, 0.1) is 11.6 Å². The standard InChI is InChI=1S/C15H21Cl2NO/c1-10(2)18-8-12-6-13(16)7-14(17)15(12)19-9-11-4-3-5-11/h6-7,10-11,18H,3-5,8-9H2,1-2H3. The number of rotatable bonds is 6. The monoisotopic (exact) mass is 301 g/mol. The Hall–Kier alpha value is -0.440. The molecule has 0 aliphatic heterocycles. The van der Waals surface area contributed by atoms with E-state index in [4.69, 9.17) is 27.9 Å². The molecule has 0 bridgehead atoms. The van der Waals surface area contributed by atoms with E-state index in [0.29, 0.717) is 22.0 Å². The van der Waals surface area contributed by atoms with E-state index in [1.165, 1.54) is 19.3 Å². The summed E-state index contributed by atoms with van der Waals surface area (Å²) < 4.78 is 5.93. The molecule has 1 aliphatic carbocycles. The van der Waals surface area contributed by atoms with Crippen molar-refractivity contribution in [2.45, 2.75) is 45.7 Å². The highest BCUT2D eigenvalue weighted by Gasteiger charge is 2.19. The molecule has 1 aromatic rings. The van der Waals surface area contributed by atoms with E-state index >= 15 is 0 Å². The Labute approximate surface area is 125 Å². The third-order valence-corrected chi connectivity index (χ3v) is 3.97. The molecule has 106 valence electrons. The van der Waals surface area contributed by atoms with Crippen LogP contribution in [0.3, 0.4) is 0 Å². The fourth-order valence-corrected chi connectivity index (χ4v) is 2.67. The van der Waals surface area contributed by atoms with Crippen LogP contribution in [0.25, 0.3) is 0 Å². The van der Waals surface area contributed by atoms with Crippen LogP contribution in [0, 0.1) is 5.92 Å². The van der Waals surface area contributed by atoms with Gasteiger partial charge in [-0.05, 0) is 30.9 Å². The Balaban J connectivity index is 2.08. The van der Waals surface area contributed by atoms with Crippen molar-refractivity contribution >= 4 is 23.2 Å². The third kappa shape index (κ3) is 4.27. The first kappa shape index (κ1) is 15.0. The summed E-state index contributed by atoms with van der Waals surface area (Å²) >= 11 is 12.3. The van der Waals surface area contributed by atoms with Crippen LogP contribution < -0.4 is 10.1 Å². The molecule has 0 atom stereocenters. The van der Waals surface area contributed by atoms with E-state index in [-0.39, 0.29) is 0 Å². The van der Waals surface area contributed by atoms with Gasteiger partial charge in [0, 0.05) is 23.2 Å². The Bertz CT molecular complexity index is 430. The van der Waals surface area contributed by atoms with E-state index in [9.17, 15) is 0 Å². The minimum absolute atomic E-state index is 0.414. The highest BCUT2D eigenvalue weighted by molar-refractivity contribution is 6.35. The summed E-state index contributed by atoms with van der Waals surface area (Å²) in [6.07, 6.45) is 3.86. The first-order valence-electron chi connectivity index (χ1n) is 6.90. The van der Waals surface area contributed by atoms with Crippen molar-refractivity contribution in [3.63, 3.8) is 0 Å². The third-order valence-electron chi connectivity index (χ3n) is 3.47. The van der Waals surface area contributed by atoms with Gasteiger partial charge in [-0.25, -0.2) is 0 Å². The van der Waals surface area contributed by atoms with Gasteiger partial charge >= 0.3 is 0 Å². The number of ether oxygens (including phenoxy) is 1. The number of halogens is 2. The molecular formula is C15H21Cl2NO. The summed E-state index contributed by atoms with van der Waals surface area (Å²) in [4.78, 5) is 0. The van der Waals surface area contributed by atoms with Crippen LogP contribution in [0.2, 0.25) is 10.0 Å². The van der Waals surface area contributed by atoms with Crippen molar-refractivity contribution in [3.8, 4) is 5.75 Å². The Morgan fingerprint density at radius 3 is 2.63 bits per heavy atom. The van der Waals surface area contributed by atoms with Crippen LogP contribution in [0.5, 0.6) is 5.75 Å². The topological polar surface area (TPSA) is 21.3 Å². The zero-order valence-corrected chi connectivity index (χ0v) is 13.0. The molecule has 0 saturated heterocycles. The van der Waals surface area contributed by atoms with Crippen molar-refractivity contribution in [1.29, 1.82) is 0 Å². The predicted octanol–water partition coefficient (Wildman–Crippen LogP) is 4.67. The van der Waals surface area contributed by atoms with Gasteiger partial charge in [0.25, 0.3) is 0 Å². The molecule has 0 spiro atoms. The average molecular weight is 302 g/mol. The first-order valence-corrected chi connectivity index (χ1v) is 7.66. The lowest BCUT2D eigenvalue weighted by molar-refractivity contribution is 0.179. The fraction of sp³-hybridized carbons (Fsp3) is 0.600. The zero-order chi connectivity index (χ0) is 13.8. The van der Waals surface area contributed by atoms with E-state index in [1.54, 1.807) is 6.07 Å². The maximum Gasteiger partial charge on any atom is 0.142 e. The van der Waals surface area contributed by atoms with Crippen molar-refractivity contribution in [2.24, 2.45) is 5.92 Å². The van der Waals surface area contributed by atoms with Crippen LogP contribution in [-0.4, -0.2) is 12.6 Å². The Morgan fingerprint density at radius 1 is 1.32 bits per heavy atom. The molecule has 2 rings (SSSR count).